The molecule has 5 heteroatoms. The molecule has 0 saturated carbocycles. The second-order valence-electron chi connectivity index (χ2n) is 5.37. The molecule has 2 aromatic rings. The molecule has 1 saturated heterocycles. The lowest BCUT2D eigenvalue weighted by molar-refractivity contribution is 0.242. The van der Waals surface area contributed by atoms with Crippen LogP contribution in [0.25, 0.3) is 10.9 Å². The molecular formula is C16H17ClN4. The number of nitrogens with one attached hydrogen (secondary N) is 1. The number of halogens is 1. The molecule has 1 aliphatic rings. The second kappa shape index (κ2) is 6.30. The summed E-state index contributed by atoms with van der Waals surface area (Å²) in [5.74, 6) is 0. The van der Waals surface area contributed by atoms with E-state index in [9.17, 15) is 0 Å². The first-order chi connectivity index (χ1) is 10.3. The Morgan fingerprint density at radius 2 is 2.14 bits per heavy atom. The van der Waals surface area contributed by atoms with Crippen LogP contribution in [0.1, 0.15) is 12.8 Å². The molecule has 0 radical (unpaired) electrons. The minimum absolute atomic E-state index is 0.446. The average Bonchev–Trinajstić information content (AvgIpc) is 2.49. The molecule has 1 aromatic carbocycles. The third-order valence-corrected chi connectivity index (χ3v) is 4.18. The van der Waals surface area contributed by atoms with E-state index in [-0.39, 0.29) is 0 Å². The van der Waals surface area contributed by atoms with Crippen LogP contribution in [0.15, 0.2) is 30.5 Å². The number of fused-ring (bicyclic) bond motifs is 1. The topological polar surface area (TPSA) is 52.0 Å². The van der Waals surface area contributed by atoms with Crippen LogP contribution in [0.3, 0.4) is 0 Å². The largest absolute Gasteiger partial charge is 0.382 e. The van der Waals surface area contributed by atoms with Gasteiger partial charge < -0.3 is 5.32 Å². The van der Waals surface area contributed by atoms with Gasteiger partial charge in [0.05, 0.1) is 18.1 Å². The van der Waals surface area contributed by atoms with Crippen LogP contribution in [-0.2, 0) is 0 Å². The van der Waals surface area contributed by atoms with E-state index in [1.54, 1.807) is 0 Å². The van der Waals surface area contributed by atoms with Gasteiger partial charge in [-0.15, -0.1) is 0 Å². The zero-order valence-electron chi connectivity index (χ0n) is 11.7. The summed E-state index contributed by atoms with van der Waals surface area (Å²) in [6.45, 7) is 2.48. The highest BCUT2D eigenvalue weighted by Crippen LogP contribution is 2.26. The predicted molar refractivity (Wildman–Crippen MR) is 85.5 cm³/mol. The molecule has 2 heterocycles. The van der Waals surface area contributed by atoms with E-state index in [4.69, 9.17) is 16.9 Å². The zero-order chi connectivity index (χ0) is 14.7. The molecule has 1 aromatic heterocycles. The summed E-state index contributed by atoms with van der Waals surface area (Å²) in [4.78, 5) is 6.56. The summed E-state index contributed by atoms with van der Waals surface area (Å²) in [7, 11) is 0. The van der Waals surface area contributed by atoms with Gasteiger partial charge in [0.2, 0.25) is 0 Å². The summed E-state index contributed by atoms with van der Waals surface area (Å²) in [5, 5.41) is 14.2. The number of rotatable bonds is 3. The van der Waals surface area contributed by atoms with Gasteiger partial charge >= 0.3 is 0 Å². The minimum Gasteiger partial charge on any atom is -0.382 e. The maximum atomic E-state index is 8.74. The quantitative estimate of drug-likeness (QED) is 0.884. The molecule has 0 atom stereocenters. The lowest BCUT2D eigenvalue weighted by atomic mass is 10.0. The number of hydrogen-bond donors (Lipinski definition) is 1. The van der Waals surface area contributed by atoms with Gasteiger partial charge in [0.15, 0.2) is 0 Å². The maximum Gasteiger partial charge on any atom is 0.0866 e. The van der Waals surface area contributed by atoms with Gasteiger partial charge in [-0.1, -0.05) is 11.6 Å². The van der Waals surface area contributed by atoms with Crippen molar-refractivity contribution in [2.24, 2.45) is 0 Å². The van der Waals surface area contributed by atoms with Crippen molar-refractivity contribution in [3.05, 3.63) is 35.5 Å². The molecular weight excluding hydrogens is 284 g/mol. The molecule has 0 amide bonds. The summed E-state index contributed by atoms with van der Waals surface area (Å²) in [6, 6.07) is 10.5. The first-order valence-electron chi connectivity index (χ1n) is 7.16. The molecule has 4 nitrogen and oxygen atoms in total. The third-order valence-electron chi connectivity index (χ3n) is 3.95. The summed E-state index contributed by atoms with van der Waals surface area (Å²) >= 11 is 6.02. The lowest BCUT2D eigenvalue weighted by Crippen LogP contribution is -2.39. The maximum absolute atomic E-state index is 8.74. The van der Waals surface area contributed by atoms with E-state index >= 15 is 0 Å². The number of pyridine rings is 1. The van der Waals surface area contributed by atoms with Gasteiger partial charge in [0.25, 0.3) is 0 Å². The van der Waals surface area contributed by atoms with Gasteiger partial charge in [-0.3, -0.25) is 9.88 Å². The summed E-state index contributed by atoms with van der Waals surface area (Å²) in [5.41, 5.74) is 2.02. The standard InChI is InChI=1S/C16H17ClN4/c17-12-1-2-14-15(3-7-19-16(14)11-12)20-13-4-8-21(9-5-13)10-6-18/h1-3,7,11,13H,4-5,8-10H2,(H,19,20). The number of anilines is 1. The van der Waals surface area contributed by atoms with E-state index in [1.807, 2.05) is 30.5 Å². The van der Waals surface area contributed by atoms with Crippen molar-refractivity contribution in [2.45, 2.75) is 18.9 Å². The monoisotopic (exact) mass is 300 g/mol. The van der Waals surface area contributed by atoms with Crippen molar-refractivity contribution in [2.75, 3.05) is 25.0 Å². The summed E-state index contributed by atoms with van der Waals surface area (Å²) < 4.78 is 0. The molecule has 108 valence electrons. The number of hydrogen-bond acceptors (Lipinski definition) is 4. The molecule has 0 unspecified atom stereocenters. The third kappa shape index (κ3) is 3.26. The van der Waals surface area contributed by atoms with Crippen LogP contribution in [0.2, 0.25) is 5.02 Å². The van der Waals surface area contributed by atoms with E-state index < -0.39 is 0 Å². The number of nitriles is 1. The van der Waals surface area contributed by atoms with Crippen molar-refractivity contribution < 1.29 is 0 Å². The van der Waals surface area contributed by atoms with Gasteiger partial charge in [0, 0.05) is 41.4 Å². The Bertz CT molecular complexity index is 672. The van der Waals surface area contributed by atoms with E-state index in [0.29, 0.717) is 17.6 Å². The Morgan fingerprint density at radius 3 is 2.90 bits per heavy atom. The average molecular weight is 301 g/mol. The highest BCUT2D eigenvalue weighted by molar-refractivity contribution is 6.31. The Labute approximate surface area is 129 Å². The fraction of sp³-hybridized carbons (Fsp3) is 0.375. The Kier molecular flexibility index (Phi) is 4.23. The van der Waals surface area contributed by atoms with Crippen LogP contribution in [0.5, 0.6) is 0 Å². The summed E-state index contributed by atoms with van der Waals surface area (Å²) in [6.07, 6.45) is 3.92. The van der Waals surface area contributed by atoms with Gasteiger partial charge in [-0.2, -0.15) is 5.26 Å². The Morgan fingerprint density at radius 1 is 1.33 bits per heavy atom. The number of benzene rings is 1. The predicted octanol–water partition coefficient (Wildman–Crippen LogP) is 3.29. The first kappa shape index (κ1) is 14.1. The van der Waals surface area contributed by atoms with E-state index in [1.165, 1.54) is 0 Å². The highest BCUT2D eigenvalue weighted by atomic mass is 35.5. The number of piperidine rings is 1. The van der Waals surface area contributed by atoms with Crippen LogP contribution >= 0.6 is 11.6 Å². The van der Waals surface area contributed by atoms with Gasteiger partial charge in [0.1, 0.15) is 0 Å². The molecule has 0 aliphatic carbocycles. The fourth-order valence-corrected chi connectivity index (χ4v) is 2.97. The van der Waals surface area contributed by atoms with Crippen LogP contribution < -0.4 is 5.32 Å². The fourth-order valence-electron chi connectivity index (χ4n) is 2.80. The van der Waals surface area contributed by atoms with Crippen molar-refractivity contribution in [3.8, 4) is 6.07 Å². The number of nitrogens with zero attached hydrogens (tertiary/aromatic N) is 3. The Hall–Kier alpha value is -1.83. The minimum atomic E-state index is 0.446. The SMILES string of the molecule is N#CCN1CCC(Nc2ccnc3cc(Cl)ccc23)CC1. The van der Waals surface area contributed by atoms with Gasteiger partial charge in [-0.25, -0.2) is 0 Å². The molecule has 1 aliphatic heterocycles. The van der Waals surface area contributed by atoms with Crippen molar-refractivity contribution in [3.63, 3.8) is 0 Å². The van der Waals surface area contributed by atoms with Crippen molar-refractivity contribution in [1.29, 1.82) is 5.26 Å². The normalized spacial score (nSPS) is 16.8. The number of likely N-dealkylation sites (tertiary alicyclic amines) is 1. The molecule has 1 fully saturated rings. The van der Waals surface area contributed by atoms with Crippen molar-refractivity contribution in [1.82, 2.24) is 9.88 Å². The van der Waals surface area contributed by atoms with Gasteiger partial charge in [-0.05, 0) is 37.1 Å². The van der Waals surface area contributed by atoms with Crippen LogP contribution in [-0.4, -0.2) is 35.6 Å². The van der Waals surface area contributed by atoms with E-state index in [0.717, 1.165) is 42.5 Å². The van der Waals surface area contributed by atoms with Crippen molar-refractivity contribution >= 4 is 28.2 Å². The Balaban J connectivity index is 1.73. The van der Waals surface area contributed by atoms with E-state index in [2.05, 4.69) is 21.3 Å². The molecule has 0 spiro atoms. The van der Waals surface area contributed by atoms with Crippen LogP contribution in [0.4, 0.5) is 5.69 Å². The number of aromatic nitrogens is 1. The molecule has 0 bridgehead atoms. The van der Waals surface area contributed by atoms with Crippen LogP contribution in [0, 0.1) is 11.3 Å². The highest BCUT2D eigenvalue weighted by Gasteiger charge is 2.19. The molecule has 3 rings (SSSR count). The smallest absolute Gasteiger partial charge is 0.0866 e. The lowest BCUT2D eigenvalue weighted by Gasteiger charge is -2.31. The molecule has 1 N–H and O–H groups in total. The second-order valence-corrected chi connectivity index (χ2v) is 5.81. The molecule has 21 heavy (non-hydrogen) atoms. The first-order valence-corrected chi connectivity index (χ1v) is 7.54. The zero-order valence-corrected chi connectivity index (χ0v) is 12.5.